The van der Waals surface area contributed by atoms with Crippen molar-refractivity contribution in [3.05, 3.63) is 62.7 Å². The van der Waals surface area contributed by atoms with Crippen LogP contribution in [0.15, 0.2) is 36.4 Å². The number of phenolic OH excluding ortho intramolecular Hbond substituents is 1. The minimum absolute atomic E-state index is 0.00173. The third-order valence-electron chi connectivity index (χ3n) is 2.87. The highest BCUT2D eigenvalue weighted by Crippen LogP contribution is 2.28. The molecule has 0 spiro atoms. The van der Waals surface area contributed by atoms with Crippen molar-refractivity contribution in [3.8, 4) is 5.75 Å². The zero-order valence-corrected chi connectivity index (χ0v) is 11.7. The number of carbonyl (C=O) groups excluding carboxylic acids is 1. The Labute approximate surface area is 125 Å². The van der Waals surface area contributed by atoms with Crippen LogP contribution in [0.25, 0.3) is 0 Å². The maximum Gasteiger partial charge on any atom is 0.283 e. The lowest BCUT2D eigenvalue weighted by molar-refractivity contribution is -0.385. The van der Waals surface area contributed by atoms with E-state index in [4.69, 9.17) is 11.6 Å². The quantitative estimate of drug-likeness (QED) is 0.515. The molecule has 0 radical (unpaired) electrons. The Kier molecular flexibility index (Phi) is 4.09. The fourth-order valence-corrected chi connectivity index (χ4v) is 2.12. The van der Waals surface area contributed by atoms with Crippen LogP contribution >= 0.6 is 11.6 Å². The summed E-state index contributed by atoms with van der Waals surface area (Å²) in [5.74, 6) is -0.615. The third-order valence-corrected chi connectivity index (χ3v) is 3.19. The Morgan fingerprint density at radius 2 is 2.05 bits per heavy atom. The highest BCUT2D eigenvalue weighted by Gasteiger charge is 2.23. The van der Waals surface area contributed by atoms with Crippen molar-refractivity contribution in [1.29, 1.82) is 0 Å². The molecule has 0 bridgehead atoms. The molecule has 0 saturated carbocycles. The summed E-state index contributed by atoms with van der Waals surface area (Å²) < 4.78 is 0. The smallest absolute Gasteiger partial charge is 0.283 e. The molecule has 0 aliphatic heterocycles. The highest BCUT2D eigenvalue weighted by molar-refractivity contribution is 6.35. The summed E-state index contributed by atoms with van der Waals surface area (Å²) in [7, 11) is 0. The number of nitro groups is 1. The predicted molar refractivity (Wildman–Crippen MR) is 78.9 cm³/mol. The number of benzene rings is 2. The van der Waals surface area contributed by atoms with Crippen LogP contribution in [-0.2, 0) is 0 Å². The molecular weight excluding hydrogens is 296 g/mol. The Hall–Kier alpha value is -2.60. The van der Waals surface area contributed by atoms with Crippen LogP contribution < -0.4 is 5.32 Å². The summed E-state index contributed by atoms with van der Waals surface area (Å²) >= 11 is 5.89. The summed E-state index contributed by atoms with van der Waals surface area (Å²) in [6, 6.07) is 8.41. The summed E-state index contributed by atoms with van der Waals surface area (Å²) in [5.41, 5.74) is 0.498. The van der Waals surface area contributed by atoms with Crippen molar-refractivity contribution in [2.75, 3.05) is 5.32 Å². The van der Waals surface area contributed by atoms with Crippen LogP contribution in [0.4, 0.5) is 11.4 Å². The van der Waals surface area contributed by atoms with Crippen molar-refractivity contribution in [3.63, 3.8) is 0 Å². The highest BCUT2D eigenvalue weighted by atomic mass is 35.5. The van der Waals surface area contributed by atoms with Crippen molar-refractivity contribution in [2.45, 2.75) is 6.92 Å². The van der Waals surface area contributed by atoms with Crippen LogP contribution in [0.5, 0.6) is 5.75 Å². The fraction of sp³-hybridized carbons (Fsp3) is 0.0714. The zero-order chi connectivity index (χ0) is 15.6. The second-order valence-electron chi connectivity index (χ2n) is 4.34. The van der Waals surface area contributed by atoms with Crippen LogP contribution in [0, 0.1) is 17.0 Å². The first-order valence-corrected chi connectivity index (χ1v) is 6.32. The SMILES string of the molecule is Cc1cc(O)ccc1NC(=O)c1c(Cl)cccc1[N+](=O)[O-]. The molecule has 0 aliphatic carbocycles. The molecular formula is C14H11ClN2O4. The van der Waals surface area contributed by atoms with Gasteiger partial charge in [0.25, 0.3) is 11.6 Å². The standard InChI is InChI=1S/C14H11ClN2O4/c1-8-7-9(18)5-6-11(8)16-14(19)13-10(15)3-2-4-12(13)17(20)21/h2-7,18H,1H3,(H,16,19). The number of aryl methyl sites for hydroxylation is 1. The number of hydrogen-bond donors (Lipinski definition) is 2. The lowest BCUT2D eigenvalue weighted by Crippen LogP contribution is -2.15. The molecule has 2 aromatic rings. The van der Waals surface area contributed by atoms with Gasteiger partial charge in [-0.25, -0.2) is 0 Å². The van der Waals surface area contributed by atoms with E-state index in [9.17, 15) is 20.0 Å². The number of halogens is 1. The van der Waals surface area contributed by atoms with Gasteiger partial charge in [0.1, 0.15) is 11.3 Å². The normalized spacial score (nSPS) is 10.2. The van der Waals surface area contributed by atoms with E-state index in [1.165, 1.54) is 36.4 Å². The molecule has 2 aromatic carbocycles. The van der Waals surface area contributed by atoms with Gasteiger partial charge in [0.15, 0.2) is 0 Å². The van der Waals surface area contributed by atoms with E-state index < -0.39 is 10.8 Å². The first-order chi connectivity index (χ1) is 9.90. The number of phenols is 1. The van der Waals surface area contributed by atoms with Crippen LogP contribution in [0.1, 0.15) is 15.9 Å². The first-order valence-electron chi connectivity index (χ1n) is 5.94. The molecule has 6 nitrogen and oxygen atoms in total. The van der Waals surface area contributed by atoms with E-state index in [2.05, 4.69) is 5.32 Å². The van der Waals surface area contributed by atoms with Crippen molar-refractivity contribution in [1.82, 2.24) is 0 Å². The number of amides is 1. The number of nitro benzene ring substituents is 1. The van der Waals surface area contributed by atoms with Gasteiger partial charge in [-0.1, -0.05) is 17.7 Å². The van der Waals surface area contributed by atoms with E-state index in [0.29, 0.717) is 11.3 Å². The summed E-state index contributed by atoms with van der Waals surface area (Å²) in [6.07, 6.45) is 0. The van der Waals surface area contributed by atoms with Gasteiger partial charge in [-0.3, -0.25) is 14.9 Å². The van der Waals surface area contributed by atoms with Crippen LogP contribution in [-0.4, -0.2) is 15.9 Å². The maximum absolute atomic E-state index is 12.2. The van der Waals surface area contributed by atoms with Gasteiger partial charge in [0, 0.05) is 11.8 Å². The van der Waals surface area contributed by atoms with Gasteiger partial charge >= 0.3 is 0 Å². The minimum atomic E-state index is -0.680. The Morgan fingerprint density at radius 1 is 1.33 bits per heavy atom. The second-order valence-corrected chi connectivity index (χ2v) is 4.75. The summed E-state index contributed by atoms with van der Waals surface area (Å²) in [4.78, 5) is 22.5. The maximum atomic E-state index is 12.2. The van der Waals surface area contributed by atoms with E-state index in [1.54, 1.807) is 6.92 Å². The Bertz CT molecular complexity index is 731. The summed E-state index contributed by atoms with van der Waals surface area (Å²) in [6.45, 7) is 1.69. The molecule has 0 fully saturated rings. The average Bonchev–Trinajstić information content (AvgIpc) is 2.41. The van der Waals surface area contributed by atoms with Gasteiger partial charge in [0.05, 0.1) is 9.95 Å². The Morgan fingerprint density at radius 3 is 2.67 bits per heavy atom. The third kappa shape index (κ3) is 3.11. The molecule has 0 aromatic heterocycles. The zero-order valence-electron chi connectivity index (χ0n) is 11.0. The van der Waals surface area contributed by atoms with Crippen LogP contribution in [0.3, 0.4) is 0 Å². The molecule has 108 valence electrons. The number of anilines is 1. The molecule has 1 amide bonds. The Balaban J connectivity index is 2.39. The molecule has 0 atom stereocenters. The molecule has 0 heterocycles. The first kappa shape index (κ1) is 14.8. The average molecular weight is 307 g/mol. The number of aromatic hydroxyl groups is 1. The van der Waals surface area contributed by atoms with E-state index >= 15 is 0 Å². The monoisotopic (exact) mass is 306 g/mol. The number of nitrogens with zero attached hydrogens (tertiary/aromatic N) is 1. The largest absolute Gasteiger partial charge is 0.508 e. The lowest BCUT2D eigenvalue weighted by atomic mass is 10.1. The van der Waals surface area contributed by atoms with Gasteiger partial charge in [-0.2, -0.15) is 0 Å². The topological polar surface area (TPSA) is 92.5 Å². The molecule has 2 rings (SSSR count). The molecule has 2 N–H and O–H groups in total. The fourth-order valence-electron chi connectivity index (χ4n) is 1.86. The van der Waals surface area contributed by atoms with E-state index in [1.807, 2.05) is 0 Å². The predicted octanol–water partition coefficient (Wildman–Crippen LogP) is 3.51. The van der Waals surface area contributed by atoms with E-state index in [0.717, 1.165) is 0 Å². The van der Waals surface area contributed by atoms with E-state index in [-0.39, 0.29) is 22.0 Å². The second kappa shape index (κ2) is 5.80. The van der Waals surface area contributed by atoms with Crippen molar-refractivity contribution < 1.29 is 14.8 Å². The summed E-state index contributed by atoms with van der Waals surface area (Å²) in [5, 5.41) is 22.9. The number of hydrogen-bond acceptors (Lipinski definition) is 4. The van der Waals surface area contributed by atoms with Gasteiger partial charge in [0.2, 0.25) is 0 Å². The molecule has 7 heteroatoms. The van der Waals surface area contributed by atoms with Gasteiger partial charge < -0.3 is 10.4 Å². The van der Waals surface area contributed by atoms with Gasteiger partial charge in [-0.15, -0.1) is 0 Å². The lowest BCUT2D eigenvalue weighted by Gasteiger charge is -2.10. The number of carbonyl (C=O) groups is 1. The van der Waals surface area contributed by atoms with Crippen molar-refractivity contribution in [2.24, 2.45) is 0 Å². The minimum Gasteiger partial charge on any atom is -0.508 e. The van der Waals surface area contributed by atoms with Crippen LogP contribution in [0.2, 0.25) is 5.02 Å². The number of nitrogens with one attached hydrogen (secondary N) is 1. The van der Waals surface area contributed by atoms with Gasteiger partial charge in [-0.05, 0) is 36.8 Å². The van der Waals surface area contributed by atoms with Crippen molar-refractivity contribution >= 4 is 28.9 Å². The molecule has 0 aliphatic rings. The molecule has 0 saturated heterocycles. The molecule has 0 unspecified atom stereocenters. The molecule has 21 heavy (non-hydrogen) atoms. The number of rotatable bonds is 3.